The third-order valence-corrected chi connectivity index (χ3v) is 3.46. The number of para-hydroxylation sites is 1. The van der Waals surface area contributed by atoms with Crippen LogP contribution >= 0.6 is 0 Å². The molecule has 0 aromatic heterocycles. The summed E-state index contributed by atoms with van der Waals surface area (Å²) in [5.41, 5.74) is -1.29. The van der Waals surface area contributed by atoms with Crippen molar-refractivity contribution in [1.82, 2.24) is 0 Å². The van der Waals surface area contributed by atoms with Crippen LogP contribution in [0.2, 0.25) is 0 Å². The summed E-state index contributed by atoms with van der Waals surface area (Å²) in [5.74, 6) is -1.04. The van der Waals surface area contributed by atoms with Gasteiger partial charge in [0.15, 0.2) is 5.60 Å². The van der Waals surface area contributed by atoms with E-state index in [1.807, 2.05) is 0 Å². The lowest BCUT2D eigenvalue weighted by Gasteiger charge is -2.22. The number of halogens is 1. The van der Waals surface area contributed by atoms with Crippen molar-refractivity contribution in [2.75, 3.05) is 12.4 Å². The molecule has 1 amide bonds. The summed E-state index contributed by atoms with van der Waals surface area (Å²) in [7, 11) is 1.42. The molecule has 0 radical (unpaired) electrons. The number of hydrogen-bond acceptors (Lipinski definition) is 3. The zero-order valence-electron chi connectivity index (χ0n) is 10.7. The van der Waals surface area contributed by atoms with Crippen LogP contribution in [-0.2, 0) is 10.4 Å². The molecule has 2 N–H and O–H groups in total. The van der Waals surface area contributed by atoms with Crippen LogP contribution in [0.15, 0.2) is 42.5 Å². The van der Waals surface area contributed by atoms with Gasteiger partial charge in [0, 0.05) is 22.9 Å². The average molecular weight is 273 g/mol. The van der Waals surface area contributed by atoms with Gasteiger partial charge < -0.3 is 15.2 Å². The molecule has 4 nitrogen and oxygen atoms in total. The van der Waals surface area contributed by atoms with Crippen LogP contribution in [0.25, 0.3) is 0 Å². The van der Waals surface area contributed by atoms with Crippen molar-refractivity contribution in [3.63, 3.8) is 0 Å². The molecule has 1 unspecified atom stereocenters. The zero-order chi connectivity index (χ0) is 14.3. The number of hydrogen-bond donors (Lipinski definition) is 2. The summed E-state index contributed by atoms with van der Waals surface area (Å²) in [6, 6.07) is 10.7. The van der Waals surface area contributed by atoms with E-state index in [0.29, 0.717) is 17.0 Å². The highest BCUT2D eigenvalue weighted by atomic mass is 19.1. The van der Waals surface area contributed by atoms with Gasteiger partial charge in [-0.25, -0.2) is 4.39 Å². The predicted molar refractivity (Wildman–Crippen MR) is 71.0 cm³/mol. The van der Waals surface area contributed by atoms with E-state index in [-0.39, 0.29) is 5.56 Å². The molecule has 1 aliphatic rings. The highest BCUT2D eigenvalue weighted by Crippen LogP contribution is 2.41. The quantitative estimate of drug-likeness (QED) is 0.880. The molecule has 5 heteroatoms. The van der Waals surface area contributed by atoms with Crippen LogP contribution < -0.4 is 10.1 Å². The Bertz CT molecular complexity index is 701. The van der Waals surface area contributed by atoms with Gasteiger partial charge in [0.2, 0.25) is 0 Å². The predicted octanol–water partition coefficient (Wildman–Crippen LogP) is 2.02. The minimum atomic E-state index is -2.02. The van der Waals surface area contributed by atoms with E-state index in [1.165, 1.54) is 19.2 Å². The third-order valence-electron chi connectivity index (χ3n) is 3.46. The minimum absolute atomic E-state index is 0.0965. The number of amides is 1. The molecular weight excluding hydrogens is 261 g/mol. The fraction of sp³-hybridized carbons (Fsp3) is 0.133. The maximum Gasteiger partial charge on any atom is 0.265 e. The van der Waals surface area contributed by atoms with E-state index in [4.69, 9.17) is 4.74 Å². The maximum atomic E-state index is 14.2. The minimum Gasteiger partial charge on any atom is -0.497 e. The number of nitrogens with one attached hydrogen (secondary N) is 1. The first-order valence-corrected chi connectivity index (χ1v) is 6.04. The lowest BCUT2D eigenvalue weighted by molar-refractivity contribution is -0.129. The Morgan fingerprint density at radius 3 is 2.65 bits per heavy atom. The first-order chi connectivity index (χ1) is 9.57. The normalized spacial score (nSPS) is 20.4. The maximum absolute atomic E-state index is 14.2. The fourth-order valence-electron chi connectivity index (χ4n) is 2.43. The van der Waals surface area contributed by atoms with Crippen molar-refractivity contribution in [2.24, 2.45) is 0 Å². The smallest absolute Gasteiger partial charge is 0.265 e. The van der Waals surface area contributed by atoms with Crippen LogP contribution in [0.1, 0.15) is 11.1 Å². The van der Waals surface area contributed by atoms with Crippen LogP contribution in [0, 0.1) is 5.82 Å². The zero-order valence-corrected chi connectivity index (χ0v) is 10.7. The van der Waals surface area contributed by atoms with Gasteiger partial charge in [-0.15, -0.1) is 0 Å². The third kappa shape index (κ3) is 1.60. The van der Waals surface area contributed by atoms with E-state index < -0.39 is 17.3 Å². The lowest BCUT2D eigenvalue weighted by atomic mass is 9.87. The van der Waals surface area contributed by atoms with Crippen molar-refractivity contribution in [2.45, 2.75) is 5.60 Å². The number of aliphatic hydroxyl groups is 1. The van der Waals surface area contributed by atoms with Gasteiger partial charge >= 0.3 is 0 Å². The molecule has 1 aliphatic heterocycles. The van der Waals surface area contributed by atoms with Gasteiger partial charge in [-0.2, -0.15) is 0 Å². The van der Waals surface area contributed by atoms with E-state index in [0.717, 1.165) is 6.07 Å². The van der Waals surface area contributed by atoms with Gasteiger partial charge in [-0.05, 0) is 18.2 Å². The van der Waals surface area contributed by atoms with Crippen molar-refractivity contribution in [1.29, 1.82) is 0 Å². The van der Waals surface area contributed by atoms with E-state index >= 15 is 0 Å². The number of ether oxygens (including phenoxy) is 1. The molecule has 2 aromatic rings. The molecule has 0 saturated carbocycles. The first-order valence-electron chi connectivity index (χ1n) is 6.04. The Morgan fingerprint density at radius 1 is 1.20 bits per heavy atom. The molecule has 1 heterocycles. The molecule has 0 saturated heterocycles. The lowest BCUT2D eigenvalue weighted by Crippen LogP contribution is -2.36. The largest absolute Gasteiger partial charge is 0.497 e. The van der Waals surface area contributed by atoms with E-state index in [1.54, 1.807) is 24.3 Å². The second-order valence-electron chi connectivity index (χ2n) is 4.56. The highest BCUT2D eigenvalue weighted by molar-refractivity contribution is 6.07. The monoisotopic (exact) mass is 273 g/mol. The summed E-state index contributed by atoms with van der Waals surface area (Å²) in [6.45, 7) is 0. The Morgan fingerprint density at radius 2 is 1.95 bits per heavy atom. The summed E-state index contributed by atoms with van der Waals surface area (Å²) in [5, 5.41) is 13.3. The molecule has 1 atom stereocenters. The number of carbonyl (C=O) groups excluding carboxylic acids is 1. The second kappa shape index (κ2) is 4.31. The number of anilines is 1. The molecule has 0 fully saturated rings. The molecule has 0 aliphatic carbocycles. The molecule has 0 spiro atoms. The number of rotatable bonds is 2. The summed E-state index contributed by atoms with van der Waals surface area (Å²) in [4.78, 5) is 12.1. The van der Waals surface area contributed by atoms with Gasteiger partial charge in [-0.3, -0.25) is 4.79 Å². The van der Waals surface area contributed by atoms with Crippen molar-refractivity contribution >= 4 is 11.6 Å². The Labute approximate surface area is 114 Å². The molecule has 102 valence electrons. The van der Waals surface area contributed by atoms with Crippen LogP contribution in [0.4, 0.5) is 10.1 Å². The second-order valence-corrected chi connectivity index (χ2v) is 4.56. The highest BCUT2D eigenvalue weighted by Gasteiger charge is 2.48. The van der Waals surface area contributed by atoms with Gasteiger partial charge in [0.1, 0.15) is 11.6 Å². The summed E-state index contributed by atoms with van der Waals surface area (Å²) >= 11 is 0. The average Bonchev–Trinajstić information content (AvgIpc) is 2.71. The first kappa shape index (κ1) is 12.6. The molecule has 0 bridgehead atoms. The Balaban J connectivity index is 2.20. The van der Waals surface area contributed by atoms with Crippen LogP contribution in [0.3, 0.4) is 0 Å². The molecular formula is C15H12FNO3. The SMILES string of the molecule is COc1ccc(C2(O)C(=O)Nc3ccccc32)c(F)c1. The standard InChI is InChI=1S/C15H12FNO3/c1-20-9-6-7-10(12(16)8-9)15(19)11-4-2-3-5-13(11)17-14(15)18/h2-8,19H,1H3,(H,17,18). The molecule has 20 heavy (non-hydrogen) atoms. The van der Waals surface area contributed by atoms with Gasteiger partial charge in [-0.1, -0.05) is 18.2 Å². The van der Waals surface area contributed by atoms with Crippen LogP contribution in [0.5, 0.6) is 5.75 Å². The number of carbonyl (C=O) groups is 1. The molecule has 2 aromatic carbocycles. The molecule has 3 rings (SSSR count). The van der Waals surface area contributed by atoms with Crippen LogP contribution in [-0.4, -0.2) is 18.1 Å². The van der Waals surface area contributed by atoms with Crippen molar-refractivity contribution < 1.29 is 19.0 Å². The number of methoxy groups -OCH3 is 1. The summed E-state index contributed by atoms with van der Waals surface area (Å²) < 4.78 is 19.1. The summed E-state index contributed by atoms with van der Waals surface area (Å²) in [6.07, 6.45) is 0. The Kier molecular flexibility index (Phi) is 2.72. The number of benzene rings is 2. The van der Waals surface area contributed by atoms with Crippen molar-refractivity contribution in [3.8, 4) is 5.75 Å². The Hall–Kier alpha value is -2.40. The van der Waals surface area contributed by atoms with Gasteiger partial charge in [0.25, 0.3) is 5.91 Å². The van der Waals surface area contributed by atoms with Gasteiger partial charge in [0.05, 0.1) is 7.11 Å². The van der Waals surface area contributed by atoms with E-state index in [2.05, 4.69) is 5.32 Å². The van der Waals surface area contributed by atoms with E-state index in [9.17, 15) is 14.3 Å². The van der Waals surface area contributed by atoms with Crippen molar-refractivity contribution in [3.05, 3.63) is 59.4 Å². The number of fused-ring (bicyclic) bond motifs is 1. The fourth-order valence-corrected chi connectivity index (χ4v) is 2.43. The topological polar surface area (TPSA) is 58.6 Å².